The lowest BCUT2D eigenvalue weighted by Crippen LogP contribution is -2.42. The topological polar surface area (TPSA) is 58.8 Å². The predicted molar refractivity (Wildman–Crippen MR) is 107 cm³/mol. The Morgan fingerprint density at radius 3 is 2.24 bits per heavy atom. The van der Waals surface area contributed by atoms with Gasteiger partial charge in [-0.1, -0.05) is 13.8 Å². The zero-order valence-corrected chi connectivity index (χ0v) is 16.8. The second-order valence-corrected chi connectivity index (χ2v) is 6.03. The van der Waals surface area contributed by atoms with E-state index in [0.717, 1.165) is 56.9 Å². The van der Waals surface area contributed by atoms with Crippen LogP contribution in [-0.4, -0.2) is 61.1 Å². The van der Waals surface area contributed by atoms with Gasteiger partial charge < -0.3 is 20.3 Å². The van der Waals surface area contributed by atoms with Crippen molar-refractivity contribution in [2.75, 3.05) is 39.3 Å². The van der Waals surface area contributed by atoms with Crippen molar-refractivity contribution in [3.8, 4) is 5.75 Å². The molecule has 0 atom stereocenters. The highest BCUT2D eigenvalue weighted by Gasteiger charge is 2.21. The third-order valence-electron chi connectivity index (χ3n) is 4.50. The first-order chi connectivity index (χ1) is 11.1. The van der Waals surface area contributed by atoms with E-state index in [4.69, 9.17) is 10.5 Å². The van der Waals surface area contributed by atoms with Gasteiger partial charge in [0.05, 0.1) is 0 Å². The van der Waals surface area contributed by atoms with E-state index in [2.05, 4.69) is 18.7 Å². The van der Waals surface area contributed by atoms with Gasteiger partial charge in [-0.25, -0.2) is 0 Å². The van der Waals surface area contributed by atoms with Crippen molar-refractivity contribution in [3.63, 3.8) is 0 Å². The molecule has 25 heavy (non-hydrogen) atoms. The van der Waals surface area contributed by atoms with Crippen LogP contribution in [0.4, 0.5) is 0 Å². The number of halogens is 2. The molecule has 1 aliphatic heterocycles. The highest BCUT2D eigenvalue weighted by atomic mass is 35.5. The molecule has 0 radical (unpaired) electrons. The van der Waals surface area contributed by atoms with Gasteiger partial charge >= 0.3 is 0 Å². The van der Waals surface area contributed by atoms with Crippen LogP contribution in [0, 0.1) is 0 Å². The Kier molecular flexibility index (Phi) is 11.9. The number of carbonyl (C=O) groups is 1. The maximum atomic E-state index is 12.4. The zero-order chi connectivity index (χ0) is 16.7. The Labute approximate surface area is 163 Å². The van der Waals surface area contributed by atoms with E-state index in [9.17, 15) is 4.79 Å². The first kappa shape index (κ1) is 24.0. The Morgan fingerprint density at radius 2 is 1.72 bits per heavy atom. The molecule has 0 aliphatic carbocycles. The molecule has 1 aliphatic rings. The van der Waals surface area contributed by atoms with Crippen LogP contribution >= 0.6 is 24.8 Å². The molecule has 1 amide bonds. The number of piperidine rings is 1. The molecule has 1 aromatic carbocycles. The summed E-state index contributed by atoms with van der Waals surface area (Å²) < 4.78 is 5.75. The zero-order valence-electron chi connectivity index (χ0n) is 15.1. The van der Waals surface area contributed by atoms with Crippen molar-refractivity contribution < 1.29 is 9.53 Å². The van der Waals surface area contributed by atoms with Crippen molar-refractivity contribution in [1.29, 1.82) is 0 Å². The minimum atomic E-state index is 0. The van der Waals surface area contributed by atoms with Gasteiger partial charge in [0.15, 0.2) is 0 Å². The molecule has 1 aromatic rings. The van der Waals surface area contributed by atoms with Crippen molar-refractivity contribution >= 4 is 30.7 Å². The monoisotopic (exact) mass is 391 g/mol. The van der Waals surface area contributed by atoms with Gasteiger partial charge in [-0.3, -0.25) is 4.79 Å². The summed E-state index contributed by atoms with van der Waals surface area (Å²) in [6, 6.07) is 7.70. The summed E-state index contributed by atoms with van der Waals surface area (Å²) in [6.07, 6.45) is 1.77. The Balaban J connectivity index is 0.00000288. The predicted octanol–water partition coefficient (Wildman–Crippen LogP) is 2.81. The average Bonchev–Trinajstić information content (AvgIpc) is 2.59. The van der Waals surface area contributed by atoms with E-state index < -0.39 is 0 Å². The number of likely N-dealkylation sites (tertiary alicyclic amines) is 1. The van der Waals surface area contributed by atoms with Crippen molar-refractivity contribution in [1.82, 2.24) is 9.80 Å². The quantitative estimate of drug-likeness (QED) is 0.775. The molecule has 7 heteroatoms. The fraction of sp³-hybridized carbons (Fsp3) is 0.611. The average molecular weight is 392 g/mol. The van der Waals surface area contributed by atoms with Gasteiger partial charge in [-0.2, -0.15) is 0 Å². The SMILES string of the molecule is CCN(CC)CCOc1ccc(C(=O)N2CCC(N)CC2)cc1.Cl.Cl. The molecule has 0 spiro atoms. The minimum absolute atomic E-state index is 0. The van der Waals surface area contributed by atoms with Crippen molar-refractivity contribution in [3.05, 3.63) is 29.8 Å². The summed E-state index contributed by atoms with van der Waals surface area (Å²) in [5.41, 5.74) is 6.60. The Bertz CT molecular complexity index is 488. The highest BCUT2D eigenvalue weighted by molar-refractivity contribution is 5.94. The summed E-state index contributed by atoms with van der Waals surface area (Å²) in [4.78, 5) is 16.6. The smallest absolute Gasteiger partial charge is 0.253 e. The number of hydrogen-bond donors (Lipinski definition) is 1. The second kappa shape index (κ2) is 12.4. The van der Waals surface area contributed by atoms with Gasteiger partial charge in [0, 0.05) is 31.2 Å². The van der Waals surface area contributed by atoms with Crippen molar-refractivity contribution in [2.24, 2.45) is 5.73 Å². The van der Waals surface area contributed by atoms with Gasteiger partial charge in [-0.15, -0.1) is 24.8 Å². The largest absolute Gasteiger partial charge is 0.492 e. The summed E-state index contributed by atoms with van der Waals surface area (Å²) in [6.45, 7) is 9.46. The highest BCUT2D eigenvalue weighted by Crippen LogP contribution is 2.16. The second-order valence-electron chi connectivity index (χ2n) is 6.03. The van der Waals surface area contributed by atoms with Gasteiger partial charge in [0.1, 0.15) is 12.4 Å². The molecule has 2 N–H and O–H groups in total. The number of likely N-dealkylation sites (N-methyl/N-ethyl adjacent to an activating group) is 1. The third-order valence-corrected chi connectivity index (χ3v) is 4.50. The van der Waals surface area contributed by atoms with E-state index in [0.29, 0.717) is 6.61 Å². The molecular weight excluding hydrogens is 361 g/mol. The maximum absolute atomic E-state index is 12.4. The Morgan fingerprint density at radius 1 is 1.16 bits per heavy atom. The van der Waals surface area contributed by atoms with Gasteiger partial charge in [0.2, 0.25) is 0 Å². The summed E-state index contributed by atoms with van der Waals surface area (Å²) in [7, 11) is 0. The summed E-state index contributed by atoms with van der Waals surface area (Å²) in [5.74, 6) is 0.904. The summed E-state index contributed by atoms with van der Waals surface area (Å²) >= 11 is 0. The fourth-order valence-electron chi connectivity index (χ4n) is 2.81. The molecule has 144 valence electrons. The van der Waals surface area contributed by atoms with Gasteiger partial charge in [-0.05, 0) is 50.2 Å². The molecule has 0 saturated carbocycles. The number of nitrogens with two attached hydrogens (primary N) is 1. The van der Waals surface area contributed by atoms with E-state index in [1.807, 2.05) is 29.2 Å². The first-order valence-electron chi connectivity index (χ1n) is 8.64. The number of nitrogens with zero attached hydrogens (tertiary/aromatic N) is 2. The van der Waals surface area contributed by atoms with E-state index in [1.165, 1.54) is 0 Å². The van der Waals surface area contributed by atoms with E-state index in [1.54, 1.807) is 0 Å². The van der Waals surface area contributed by atoms with Crippen LogP contribution in [0.5, 0.6) is 5.75 Å². The van der Waals surface area contributed by atoms with E-state index in [-0.39, 0.29) is 36.8 Å². The minimum Gasteiger partial charge on any atom is -0.492 e. The normalized spacial score (nSPS) is 14.6. The number of hydrogen-bond acceptors (Lipinski definition) is 4. The van der Waals surface area contributed by atoms with Crippen LogP contribution in [0.15, 0.2) is 24.3 Å². The van der Waals surface area contributed by atoms with Crippen LogP contribution in [-0.2, 0) is 0 Å². The van der Waals surface area contributed by atoms with Crippen LogP contribution in [0.2, 0.25) is 0 Å². The van der Waals surface area contributed by atoms with Crippen LogP contribution < -0.4 is 10.5 Å². The molecule has 1 fully saturated rings. The number of rotatable bonds is 7. The molecule has 0 aromatic heterocycles. The molecule has 1 heterocycles. The maximum Gasteiger partial charge on any atom is 0.253 e. The molecule has 0 unspecified atom stereocenters. The lowest BCUT2D eigenvalue weighted by molar-refractivity contribution is 0.0714. The molecule has 5 nitrogen and oxygen atoms in total. The molecular formula is C18H31Cl2N3O2. The Hall–Kier alpha value is -1.01. The number of carbonyl (C=O) groups excluding carboxylic acids is 1. The third kappa shape index (κ3) is 7.40. The number of ether oxygens (including phenoxy) is 1. The van der Waals surface area contributed by atoms with Crippen LogP contribution in [0.25, 0.3) is 0 Å². The standard InChI is InChI=1S/C18H29N3O2.2ClH/c1-3-20(4-2)13-14-23-17-7-5-15(6-8-17)18(22)21-11-9-16(19)10-12-21;;/h5-8,16H,3-4,9-14,19H2,1-2H3;2*1H. The molecule has 1 saturated heterocycles. The lowest BCUT2D eigenvalue weighted by Gasteiger charge is -2.30. The fourth-order valence-corrected chi connectivity index (χ4v) is 2.81. The first-order valence-corrected chi connectivity index (χ1v) is 8.64. The summed E-state index contributed by atoms with van der Waals surface area (Å²) in [5, 5.41) is 0. The number of amides is 1. The van der Waals surface area contributed by atoms with E-state index >= 15 is 0 Å². The van der Waals surface area contributed by atoms with Gasteiger partial charge in [0.25, 0.3) is 5.91 Å². The number of benzene rings is 1. The lowest BCUT2D eigenvalue weighted by atomic mass is 10.0. The van der Waals surface area contributed by atoms with Crippen LogP contribution in [0.1, 0.15) is 37.0 Å². The molecule has 2 rings (SSSR count). The van der Waals surface area contributed by atoms with Crippen LogP contribution in [0.3, 0.4) is 0 Å². The molecule has 0 bridgehead atoms. The van der Waals surface area contributed by atoms with Crippen molar-refractivity contribution in [2.45, 2.75) is 32.7 Å².